The van der Waals surface area contributed by atoms with Gasteiger partial charge in [0, 0.05) is 0 Å². The summed E-state index contributed by atoms with van der Waals surface area (Å²) in [6.07, 6.45) is 13.9. The highest BCUT2D eigenvalue weighted by Gasteiger charge is 2.35. The average Bonchev–Trinajstić information content (AvgIpc) is 2.48. The quantitative estimate of drug-likeness (QED) is 0.506. The maximum Gasteiger partial charge on any atom is 0.126 e. The molecule has 1 aliphatic carbocycles. The van der Waals surface area contributed by atoms with Crippen molar-refractivity contribution >= 4 is 0 Å². The predicted molar refractivity (Wildman–Crippen MR) is 84.5 cm³/mol. The van der Waals surface area contributed by atoms with Crippen LogP contribution in [0.2, 0.25) is 0 Å². The topological polar surface area (TPSA) is 0 Å². The first-order chi connectivity index (χ1) is 9.78. The molecule has 2 rings (SSSR count). The summed E-state index contributed by atoms with van der Waals surface area (Å²) in [5.41, 5.74) is 1.13. The summed E-state index contributed by atoms with van der Waals surface area (Å²) in [5, 5.41) is 0. The van der Waals surface area contributed by atoms with Crippen LogP contribution in [-0.4, -0.2) is 0 Å². The van der Waals surface area contributed by atoms with Crippen molar-refractivity contribution in [2.75, 3.05) is 0 Å². The van der Waals surface area contributed by atoms with E-state index in [9.17, 15) is 4.39 Å². The summed E-state index contributed by atoms with van der Waals surface area (Å²) in [4.78, 5) is 0. The van der Waals surface area contributed by atoms with E-state index in [4.69, 9.17) is 0 Å². The van der Waals surface area contributed by atoms with Gasteiger partial charge < -0.3 is 0 Å². The third-order valence-corrected chi connectivity index (χ3v) is 5.01. The van der Waals surface area contributed by atoms with Gasteiger partial charge in [-0.1, -0.05) is 76.5 Å². The smallest absolute Gasteiger partial charge is 0.126 e. The standard InChI is InChI=1S/C19H29F/c1-2-3-4-5-9-14-19(15-10-6-11-16-19)17-12-7-8-13-18(17)20/h7-8,12-13H,2-6,9-11,14-16H2,1H3. The van der Waals surface area contributed by atoms with Gasteiger partial charge >= 0.3 is 0 Å². The molecule has 20 heavy (non-hydrogen) atoms. The predicted octanol–water partition coefficient (Wildman–Crippen LogP) is 6.39. The summed E-state index contributed by atoms with van der Waals surface area (Å²) in [7, 11) is 0. The van der Waals surface area contributed by atoms with E-state index in [1.165, 1.54) is 70.6 Å². The molecule has 1 fully saturated rings. The lowest BCUT2D eigenvalue weighted by Gasteiger charge is -2.38. The molecule has 0 unspecified atom stereocenters. The van der Waals surface area contributed by atoms with Gasteiger partial charge in [0.25, 0.3) is 0 Å². The summed E-state index contributed by atoms with van der Waals surface area (Å²) in [6.45, 7) is 2.25. The van der Waals surface area contributed by atoms with E-state index in [-0.39, 0.29) is 11.2 Å². The average molecular weight is 276 g/mol. The monoisotopic (exact) mass is 276 g/mol. The SMILES string of the molecule is CCCCCCCC1(c2ccccc2F)CCCCC1. The molecular weight excluding hydrogens is 247 g/mol. The molecular formula is C19H29F. The molecule has 0 nitrogen and oxygen atoms in total. The van der Waals surface area contributed by atoms with Crippen LogP contribution in [0.1, 0.15) is 83.1 Å². The lowest BCUT2D eigenvalue weighted by molar-refractivity contribution is 0.257. The second-order valence-electron chi connectivity index (χ2n) is 6.49. The van der Waals surface area contributed by atoms with Gasteiger partial charge in [0.05, 0.1) is 0 Å². The zero-order chi connectivity index (χ0) is 14.3. The Kier molecular flexibility index (Phi) is 6.06. The molecule has 0 N–H and O–H groups in total. The number of hydrogen-bond donors (Lipinski definition) is 0. The van der Waals surface area contributed by atoms with Crippen LogP contribution in [0.25, 0.3) is 0 Å². The molecule has 1 aliphatic rings. The van der Waals surface area contributed by atoms with Gasteiger partial charge in [-0.05, 0) is 36.3 Å². The second-order valence-corrected chi connectivity index (χ2v) is 6.49. The van der Waals surface area contributed by atoms with Crippen molar-refractivity contribution in [3.63, 3.8) is 0 Å². The molecule has 0 bridgehead atoms. The minimum absolute atomic E-state index is 0.0166. The van der Waals surface area contributed by atoms with Gasteiger partial charge in [0.15, 0.2) is 0 Å². The van der Waals surface area contributed by atoms with Crippen LogP contribution in [-0.2, 0) is 5.41 Å². The molecule has 112 valence electrons. The van der Waals surface area contributed by atoms with Crippen molar-refractivity contribution in [2.45, 2.75) is 83.0 Å². The Morgan fingerprint density at radius 3 is 2.35 bits per heavy atom. The second kappa shape index (κ2) is 7.81. The van der Waals surface area contributed by atoms with Crippen LogP contribution in [0.3, 0.4) is 0 Å². The molecule has 0 aliphatic heterocycles. The van der Waals surface area contributed by atoms with Gasteiger partial charge in [-0.15, -0.1) is 0 Å². The minimum Gasteiger partial charge on any atom is -0.207 e. The molecule has 0 saturated heterocycles. The van der Waals surface area contributed by atoms with Gasteiger partial charge in [-0.25, -0.2) is 4.39 Å². The molecule has 0 radical (unpaired) electrons. The zero-order valence-corrected chi connectivity index (χ0v) is 13.0. The molecule has 1 aromatic rings. The van der Waals surface area contributed by atoms with Crippen molar-refractivity contribution in [3.05, 3.63) is 35.6 Å². The normalized spacial score (nSPS) is 18.1. The van der Waals surface area contributed by atoms with Crippen molar-refractivity contribution in [3.8, 4) is 0 Å². The molecule has 0 amide bonds. The fraction of sp³-hybridized carbons (Fsp3) is 0.684. The number of unbranched alkanes of at least 4 members (excludes halogenated alkanes) is 4. The van der Waals surface area contributed by atoms with E-state index in [1.807, 2.05) is 18.2 Å². The van der Waals surface area contributed by atoms with E-state index in [0.29, 0.717) is 0 Å². The highest BCUT2D eigenvalue weighted by Crippen LogP contribution is 2.44. The zero-order valence-electron chi connectivity index (χ0n) is 13.0. The number of benzene rings is 1. The number of hydrogen-bond acceptors (Lipinski definition) is 0. The number of rotatable bonds is 7. The van der Waals surface area contributed by atoms with Crippen molar-refractivity contribution < 1.29 is 4.39 Å². The van der Waals surface area contributed by atoms with Gasteiger partial charge in [-0.2, -0.15) is 0 Å². The maximum atomic E-state index is 14.2. The van der Waals surface area contributed by atoms with E-state index in [0.717, 1.165) is 5.56 Å². The third kappa shape index (κ3) is 3.84. The van der Waals surface area contributed by atoms with Crippen LogP contribution in [0.5, 0.6) is 0 Å². The highest BCUT2D eigenvalue weighted by atomic mass is 19.1. The lowest BCUT2D eigenvalue weighted by Crippen LogP contribution is -2.30. The largest absolute Gasteiger partial charge is 0.207 e. The lowest BCUT2D eigenvalue weighted by atomic mass is 9.66. The highest BCUT2D eigenvalue weighted by molar-refractivity contribution is 5.27. The van der Waals surface area contributed by atoms with Crippen molar-refractivity contribution in [1.82, 2.24) is 0 Å². The number of halogens is 1. The first-order valence-electron chi connectivity index (χ1n) is 8.53. The first-order valence-corrected chi connectivity index (χ1v) is 8.53. The summed E-state index contributed by atoms with van der Waals surface area (Å²) < 4.78 is 14.2. The first kappa shape index (κ1) is 15.5. The van der Waals surface area contributed by atoms with Gasteiger partial charge in [0.1, 0.15) is 5.82 Å². The van der Waals surface area contributed by atoms with Crippen LogP contribution in [0, 0.1) is 5.82 Å². The Bertz CT molecular complexity index is 391. The Morgan fingerprint density at radius 1 is 0.950 bits per heavy atom. The van der Waals surface area contributed by atoms with E-state index < -0.39 is 0 Å². The van der Waals surface area contributed by atoms with Crippen LogP contribution in [0.4, 0.5) is 4.39 Å². The Balaban J connectivity index is 2.04. The third-order valence-electron chi connectivity index (χ3n) is 5.01. The van der Waals surface area contributed by atoms with Crippen molar-refractivity contribution in [1.29, 1.82) is 0 Å². The Morgan fingerprint density at radius 2 is 1.65 bits per heavy atom. The minimum atomic E-state index is 0.0166. The molecule has 0 spiro atoms. The molecule has 1 aromatic carbocycles. The fourth-order valence-electron chi connectivity index (χ4n) is 3.84. The fourth-order valence-corrected chi connectivity index (χ4v) is 3.84. The Hall–Kier alpha value is -0.850. The van der Waals surface area contributed by atoms with E-state index in [2.05, 4.69) is 6.92 Å². The van der Waals surface area contributed by atoms with Gasteiger partial charge in [-0.3, -0.25) is 0 Å². The molecule has 0 heterocycles. The molecule has 1 saturated carbocycles. The molecule has 0 aromatic heterocycles. The van der Waals surface area contributed by atoms with Gasteiger partial charge in [0.2, 0.25) is 0 Å². The Labute approximate surface area is 123 Å². The van der Waals surface area contributed by atoms with E-state index >= 15 is 0 Å². The maximum absolute atomic E-state index is 14.2. The van der Waals surface area contributed by atoms with E-state index in [1.54, 1.807) is 6.07 Å². The molecule has 1 heteroatoms. The molecule has 0 atom stereocenters. The van der Waals surface area contributed by atoms with Crippen LogP contribution < -0.4 is 0 Å². The van der Waals surface area contributed by atoms with Crippen LogP contribution in [0.15, 0.2) is 24.3 Å². The summed E-state index contributed by atoms with van der Waals surface area (Å²) in [6, 6.07) is 7.50. The van der Waals surface area contributed by atoms with Crippen LogP contribution >= 0.6 is 0 Å². The summed E-state index contributed by atoms with van der Waals surface area (Å²) >= 11 is 0. The van der Waals surface area contributed by atoms with Crippen molar-refractivity contribution in [2.24, 2.45) is 0 Å². The summed E-state index contributed by atoms with van der Waals surface area (Å²) in [5.74, 6) is 0.0166.